The molecule has 2 heterocycles. The van der Waals surface area contributed by atoms with Gasteiger partial charge in [0.05, 0.1) is 5.69 Å². The monoisotopic (exact) mass is 342 g/mol. The molecule has 0 saturated heterocycles. The van der Waals surface area contributed by atoms with Crippen LogP contribution in [0.4, 0.5) is 0 Å². The van der Waals surface area contributed by atoms with E-state index in [1.54, 1.807) is 11.3 Å². The number of thiazole rings is 1. The Morgan fingerprint density at radius 3 is 2.71 bits per heavy atom. The van der Waals surface area contributed by atoms with Crippen molar-refractivity contribution in [1.82, 2.24) is 4.57 Å². The number of para-hydroxylation sites is 1. The number of aromatic nitrogens is 1. The summed E-state index contributed by atoms with van der Waals surface area (Å²) in [6.45, 7) is 8.43. The van der Waals surface area contributed by atoms with Gasteiger partial charge in [0.25, 0.3) is 0 Å². The Balaban J connectivity index is 2.12. The summed E-state index contributed by atoms with van der Waals surface area (Å²) in [4.78, 5) is 5.98. The van der Waals surface area contributed by atoms with E-state index in [-0.39, 0.29) is 0 Å². The molecule has 1 aromatic carbocycles. The Hall–Kier alpha value is -1.81. The van der Waals surface area contributed by atoms with Gasteiger partial charge in [0.2, 0.25) is 0 Å². The minimum absolute atomic E-state index is 0.910. The van der Waals surface area contributed by atoms with Gasteiger partial charge in [-0.15, -0.1) is 11.3 Å². The summed E-state index contributed by atoms with van der Waals surface area (Å²) < 4.78 is 8.36. The molecule has 0 aliphatic carbocycles. The first-order valence-electron chi connectivity index (χ1n) is 8.93. The second-order valence-corrected chi connectivity index (χ2v) is 7.01. The van der Waals surface area contributed by atoms with E-state index in [4.69, 9.17) is 9.41 Å². The molecule has 0 bridgehead atoms. The lowest BCUT2D eigenvalue weighted by Crippen LogP contribution is -2.17. The van der Waals surface area contributed by atoms with Crippen LogP contribution in [-0.4, -0.2) is 11.1 Å². The predicted octanol–water partition coefficient (Wildman–Crippen LogP) is 5.77. The van der Waals surface area contributed by atoms with Crippen LogP contribution in [0.2, 0.25) is 0 Å². The number of hydrogen-bond donors (Lipinski definition) is 0. The standard InChI is InChI=1S/C20H26N2OS/c1-4-6-12-21-20-22(13-7-5-2)17(14-24-20)19-15(3)23-18-11-9-8-10-16(18)19/h8-11,14H,4-7,12-13H2,1-3H3. The van der Waals surface area contributed by atoms with Gasteiger partial charge in [-0.25, -0.2) is 0 Å². The minimum Gasteiger partial charge on any atom is -0.461 e. The number of nitrogens with zero attached hydrogens (tertiary/aromatic N) is 2. The summed E-state index contributed by atoms with van der Waals surface area (Å²) in [5.41, 5.74) is 3.42. The van der Waals surface area contributed by atoms with E-state index in [0.717, 1.165) is 35.7 Å². The number of furan rings is 1. The van der Waals surface area contributed by atoms with E-state index in [1.165, 1.54) is 35.9 Å². The number of unbranched alkanes of at least 4 members (excludes halogenated alkanes) is 2. The Morgan fingerprint density at radius 2 is 1.92 bits per heavy atom. The molecule has 0 saturated carbocycles. The fourth-order valence-electron chi connectivity index (χ4n) is 3.01. The SMILES string of the molecule is CCCCN=c1scc(-c2c(C)oc3ccccc23)n1CCCC. The zero-order valence-corrected chi connectivity index (χ0v) is 15.7. The van der Waals surface area contributed by atoms with E-state index >= 15 is 0 Å². The fraction of sp³-hybridized carbons (Fsp3) is 0.450. The van der Waals surface area contributed by atoms with Crippen molar-refractivity contribution < 1.29 is 4.42 Å². The molecule has 0 fully saturated rings. The van der Waals surface area contributed by atoms with Crippen LogP contribution < -0.4 is 4.80 Å². The zero-order valence-electron chi connectivity index (χ0n) is 14.8. The Bertz CT molecular complexity index is 869. The first-order chi connectivity index (χ1) is 11.8. The summed E-state index contributed by atoms with van der Waals surface area (Å²) in [6, 6.07) is 8.30. The number of hydrogen-bond acceptors (Lipinski definition) is 3. The van der Waals surface area contributed by atoms with Gasteiger partial charge in [0.15, 0.2) is 4.80 Å². The van der Waals surface area contributed by atoms with Crippen LogP contribution >= 0.6 is 11.3 Å². The molecular weight excluding hydrogens is 316 g/mol. The summed E-state index contributed by atoms with van der Waals surface area (Å²) in [7, 11) is 0. The number of aryl methyl sites for hydroxylation is 1. The highest BCUT2D eigenvalue weighted by Gasteiger charge is 2.17. The van der Waals surface area contributed by atoms with Gasteiger partial charge in [-0.3, -0.25) is 4.99 Å². The number of benzene rings is 1. The van der Waals surface area contributed by atoms with Gasteiger partial charge in [0, 0.05) is 29.4 Å². The highest BCUT2D eigenvalue weighted by Crippen LogP contribution is 2.34. The molecule has 0 radical (unpaired) electrons. The van der Waals surface area contributed by atoms with Gasteiger partial charge < -0.3 is 8.98 Å². The zero-order chi connectivity index (χ0) is 16.9. The predicted molar refractivity (Wildman–Crippen MR) is 103 cm³/mol. The van der Waals surface area contributed by atoms with Crippen LogP contribution in [0, 0.1) is 6.92 Å². The fourth-order valence-corrected chi connectivity index (χ4v) is 3.95. The maximum atomic E-state index is 5.98. The Kier molecular flexibility index (Phi) is 5.56. The van der Waals surface area contributed by atoms with Crippen molar-refractivity contribution in [3.8, 4) is 11.3 Å². The van der Waals surface area contributed by atoms with E-state index in [9.17, 15) is 0 Å². The highest BCUT2D eigenvalue weighted by atomic mass is 32.1. The third-order valence-electron chi connectivity index (χ3n) is 4.32. The van der Waals surface area contributed by atoms with Crippen LogP contribution in [0.1, 0.15) is 45.3 Å². The molecule has 2 aromatic heterocycles. The maximum absolute atomic E-state index is 5.98. The molecule has 3 nitrogen and oxygen atoms in total. The van der Waals surface area contributed by atoms with Crippen molar-refractivity contribution in [2.45, 2.75) is 53.0 Å². The smallest absolute Gasteiger partial charge is 0.185 e. The molecule has 0 spiro atoms. The lowest BCUT2D eigenvalue weighted by Gasteiger charge is -2.08. The van der Waals surface area contributed by atoms with Crippen LogP contribution in [-0.2, 0) is 6.54 Å². The highest BCUT2D eigenvalue weighted by molar-refractivity contribution is 7.07. The van der Waals surface area contributed by atoms with Crippen LogP contribution in [0.15, 0.2) is 39.1 Å². The summed E-state index contributed by atoms with van der Waals surface area (Å²) in [5.74, 6) is 0.986. The van der Waals surface area contributed by atoms with Crippen molar-refractivity contribution in [3.63, 3.8) is 0 Å². The number of fused-ring (bicyclic) bond motifs is 1. The molecular formula is C20H26N2OS. The van der Waals surface area contributed by atoms with Gasteiger partial charge in [-0.2, -0.15) is 0 Å². The van der Waals surface area contributed by atoms with Gasteiger partial charge in [0.1, 0.15) is 11.3 Å². The van der Waals surface area contributed by atoms with Crippen molar-refractivity contribution in [2.24, 2.45) is 4.99 Å². The summed E-state index contributed by atoms with van der Waals surface area (Å²) in [5, 5.41) is 3.43. The van der Waals surface area contributed by atoms with Crippen LogP contribution in [0.25, 0.3) is 22.2 Å². The van der Waals surface area contributed by atoms with Gasteiger partial charge in [-0.05, 0) is 25.8 Å². The van der Waals surface area contributed by atoms with Crippen molar-refractivity contribution in [3.05, 3.63) is 40.2 Å². The maximum Gasteiger partial charge on any atom is 0.185 e. The van der Waals surface area contributed by atoms with E-state index in [2.05, 4.69) is 42.9 Å². The molecule has 0 aliphatic rings. The Morgan fingerprint density at radius 1 is 1.12 bits per heavy atom. The molecule has 0 amide bonds. The third-order valence-corrected chi connectivity index (χ3v) is 5.22. The molecule has 0 atom stereocenters. The Labute approximate surface area is 147 Å². The van der Waals surface area contributed by atoms with E-state index in [0.29, 0.717) is 0 Å². The van der Waals surface area contributed by atoms with Crippen molar-refractivity contribution in [1.29, 1.82) is 0 Å². The molecule has 3 aromatic rings. The van der Waals surface area contributed by atoms with Crippen LogP contribution in [0.5, 0.6) is 0 Å². The average Bonchev–Trinajstić information content (AvgIpc) is 3.12. The largest absolute Gasteiger partial charge is 0.461 e. The normalized spacial score (nSPS) is 12.4. The molecule has 0 unspecified atom stereocenters. The topological polar surface area (TPSA) is 30.4 Å². The van der Waals surface area contributed by atoms with E-state index < -0.39 is 0 Å². The number of rotatable bonds is 7. The molecule has 4 heteroatoms. The first-order valence-corrected chi connectivity index (χ1v) is 9.81. The average molecular weight is 343 g/mol. The molecule has 3 rings (SSSR count). The second-order valence-electron chi connectivity index (χ2n) is 6.17. The second kappa shape index (κ2) is 7.84. The van der Waals surface area contributed by atoms with Gasteiger partial charge in [-0.1, -0.05) is 44.9 Å². The van der Waals surface area contributed by atoms with Crippen molar-refractivity contribution in [2.75, 3.05) is 6.54 Å². The summed E-state index contributed by atoms with van der Waals surface area (Å²) in [6.07, 6.45) is 4.68. The van der Waals surface area contributed by atoms with Gasteiger partial charge >= 0.3 is 0 Å². The first kappa shape index (κ1) is 17.0. The quantitative estimate of drug-likeness (QED) is 0.501. The minimum atomic E-state index is 0.910. The lowest BCUT2D eigenvalue weighted by atomic mass is 10.1. The molecule has 0 N–H and O–H groups in total. The van der Waals surface area contributed by atoms with Crippen molar-refractivity contribution >= 4 is 22.3 Å². The molecule has 24 heavy (non-hydrogen) atoms. The molecule has 128 valence electrons. The van der Waals surface area contributed by atoms with E-state index in [1.807, 2.05) is 12.1 Å². The summed E-state index contributed by atoms with van der Waals surface area (Å²) >= 11 is 1.75. The lowest BCUT2D eigenvalue weighted by molar-refractivity contribution is 0.577. The van der Waals surface area contributed by atoms with Crippen LogP contribution in [0.3, 0.4) is 0 Å². The third kappa shape index (κ3) is 3.34. The molecule has 0 aliphatic heterocycles.